The van der Waals surface area contributed by atoms with Crippen LogP contribution in [0.1, 0.15) is 37.8 Å². The van der Waals surface area contributed by atoms with Gasteiger partial charge in [0.2, 0.25) is 11.8 Å². The minimum atomic E-state index is -0.130. The van der Waals surface area contributed by atoms with Crippen molar-refractivity contribution in [3.63, 3.8) is 0 Å². The number of benzene rings is 1. The SMILES string of the molecule is CC(=O)CC(=O)Cc1ccc(CN(C)C(=O)COCCCN(C)C(C)=O)cc1. The number of ether oxygens (including phenoxy) is 1. The quantitative estimate of drug-likeness (QED) is 0.400. The second-order valence-electron chi connectivity index (χ2n) is 7.01. The largest absolute Gasteiger partial charge is 0.372 e. The maximum Gasteiger partial charge on any atom is 0.248 e. The first-order valence-corrected chi connectivity index (χ1v) is 9.31. The van der Waals surface area contributed by atoms with E-state index in [0.717, 1.165) is 11.1 Å². The van der Waals surface area contributed by atoms with Gasteiger partial charge in [-0.1, -0.05) is 24.3 Å². The lowest BCUT2D eigenvalue weighted by Gasteiger charge is -2.18. The van der Waals surface area contributed by atoms with Crippen LogP contribution in [0.4, 0.5) is 0 Å². The molecule has 0 aliphatic rings. The molecule has 2 amide bonds. The summed E-state index contributed by atoms with van der Waals surface area (Å²) in [5.74, 6) is -0.347. The number of carbonyl (C=O) groups is 4. The van der Waals surface area contributed by atoms with Gasteiger partial charge in [-0.05, 0) is 24.5 Å². The van der Waals surface area contributed by atoms with Crippen LogP contribution in [0.5, 0.6) is 0 Å². The summed E-state index contributed by atoms with van der Waals surface area (Å²) in [6, 6.07) is 7.43. The fourth-order valence-corrected chi connectivity index (χ4v) is 2.52. The lowest BCUT2D eigenvalue weighted by atomic mass is 10.0. The fourth-order valence-electron chi connectivity index (χ4n) is 2.52. The van der Waals surface area contributed by atoms with Crippen molar-refractivity contribution >= 4 is 23.4 Å². The van der Waals surface area contributed by atoms with Crippen molar-refractivity contribution in [2.24, 2.45) is 0 Å². The molecule has 0 aromatic heterocycles. The summed E-state index contributed by atoms with van der Waals surface area (Å²) >= 11 is 0. The molecule has 7 nitrogen and oxygen atoms in total. The van der Waals surface area contributed by atoms with E-state index in [1.54, 1.807) is 23.9 Å². The zero-order valence-electron chi connectivity index (χ0n) is 17.2. The molecule has 7 heteroatoms. The van der Waals surface area contributed by atoms with Gasteiger partial charge in [0.15, 0.2) is 0 Å². The zero-order valence-corrected chi connectivity index (χ0v) is 17.2. The van der Waals surface area contributed by atoms with Crippen molar-refractivity contribution in [2.75, 3.05) is 33.9 Å². The summed E-state index contributed by atoms with van der Waals surface area (Å²) in [5, 5.41) is 0. The minimum Gasteiger partial charge on any atom is -0.372 e. The molecule has 0 saturated carbocycles. The smallest absolute Gasteiger partial charge is 0.248 e. The summed E-state index contributed by atoms with van der Waals surface area (Å²) in [5.41, 5.74) is 1.80. The van der Waals surface area contributed by atoms with Gasteiger partial charge >= 0.3 is 0 Å². The average molecular weight is 390 g/mol. The third-order valence-corrected chi connectivity index (χ3v) is 4.26. The first kappa shape index (κ1) is 23.5. The van der Waals surface area contributed by atoms with Crippen molar-refractivity contribution < 1.29 is 23.9 Å². The third-order valence-electron chi connectivity index (χ3n) is 4.26. The molecule has 0 radical (unpaired) electrons. The number of likely N-dealkylation sites (N-methyl/N-ethyl adjacent to an activating group) is 1. The summed E-state index contributed by atoms with van der Waals surface area (Å²) < 4.78 is 5.38. The molecule has 0 fully saturated rings. The van der Waals surface area contributed by atoms with Crippen LogP contribution in [0, 0.1) is 0 Å². The molecule has 0 bridgehead atoms. The Hall–Kier alpha value is -2.54. The standard InChI is InChI=1S/C21H30N2O5/c1-16(24)12-20(26)13-18-6-8-19(9-7-18)14-23(4)21(27)15-28-11-5-10-22(3)17(2)25/h6-9H,5,10-15H2,1-4H3. The van der Waals surface area contributed by atoms with E-state index in [1.165, 1.54) is 13.8 Å². The molecule has 154 valence electrons. The van der Waals surface area contributed by atoms with Crippen molar-refractivity contribution in [2.45, 2.75) is 39.7 Å². The lowest BCUT2D eigenvalue weighted by Crippen LogP contribution is -2.30. The van der Waals surface area contributed by atoms with Crippen molar-refractivity contribution in [3.05, 3.63) is 35.4 Å². The normalized spacial score (nSPS) is 10.4. The Kier molecular flexibility index (Phi) is 10.1. The Morgan fingerprint density at radius 1 is 0.929 bits per heavy atom. The van der Waals surface area contributed by atoms with E-state index >= 15 is 0 Å². The van der Waals surface area contributed by atoms with Crippen LogP contribution >= 0.6 is 0 Å². The molecular weight excluding hydrogens is 360 g/mol. The van der Waals surface area contributed by atoms with E-state index in [0.29, 0.717) is 26.1 Å². The minimum absolute atomic E-state index is 0.00207. The zero-order chi connectivity index (χ0) is 21.1. The van der Waals surface area contributed by atoms with E-state index in [1.807, 2.05) is 24.3 Å². The number of amides is 2. The fraction of sp³-hybridized carbons (Fsp3) is 0.524. The molecule has 1 aromatic rings. The van der Waals surface area contributed by atoms with E-state index < -0.39 is 0 Å². The summed E-state index contributed by atoms with van der Waals surface area (Å²) in [6.45, 7) is 4.37. The van der Waals surface area contributed by atoms with Gasteiger partial charge < -0.3 is 14.5 Å². The van der Waals surface area contributed by atoms with Crippen LogP contribution in [0.2, 0.25) is 0 Å². The molecule has 28 heavy (non-hydrogen) atoms. The molecule has 0 aliphatic carbocycles. The van der Waals surface area contributed by atoms with Crippen LogP contribution in [-0.4, -0.2) is 67.0 Å². The highest BCUT2D eigenvalue weighted by Gasteiger charge is 2.11. The van der Waals surface area contributed by atoms with Gasteiger partial charge in [0.25, 0.3) is 0 Å². The number of rotatable bonds is 12. The second kappa shape index (κ2) is 12.0. The molecule has 0 N–H and O–H groups in total. The van der Waals surface area contributed by atoms with Gasteiger partial charge in [-0.3, -0.25) is 19.2 Å². The van der Waals surface area contributed by atoms with E-state index in [4.69, 9.17) is 4.74 Å². The van der Waals surface area contributed by atoms with Crippen LogP contribution in [0.25, 0.3) is 0 Å². The summed E-state index contributed by atoms with van der Waals surface area (Å²) in [4.78, 5) is 49.1. The number of Topliss-reactive ketones (excluding diaryl/α,β-unsaturated/α-hetero) is 2. The highest BCUT2D eigenvalue weighted by Crippen LogP contribution is 2.09. The van der Waals surface area contributed by atoms with Gasteiger partial charge in [0.05, 0.1) is 6.42 Å². The molecular formula is C21H30N2O5. The Balaban J connectivity index is 2.34. The molecule has 0 atom stereocenters. The predicted molar refractivity (Wildman–Crippen MR) is 106 cm³/mol. The predicted octanol–water partition coefficient (Wildman–Crippen LogP) is 1.62. The summed E-state index contributed by atoms with van der Waals surface area (Å²) in [7, 11) is 3.44. The molecule has 0 spiro atoms. The Morgan fingerprint density at radius 2 is 1.54 bits per heavy atom. The monoisotopic (exact) mass is 390 g/mol. The second-order valence-corrected chi connectivity index (χ2v) is 7.01. The van der Waals surface area contributed by atoms with Crippen molar-refractivity contribution in [1.29, 1.82) is 0 Å². The number of ketones is 2. The maximum absolute atomic E-state index is 12.1. The number of nitrogens with zero attached hydrogens (tertiary/aromatic N) is 2. The maximum atomic E-state index is 12.1. The molecule has 0 aliphatic heterocycles. The van der Waals surface area contributed by atoms with Crippen molar-refractivity contribution in [3.8, 4) is 0 Å². The molecule has 0 heterocycles. The molecule has 1 aromatic carbocycles. The molecule has 1 rings (SSSR count). The highest BCUT2D eigenvalue weighted by molar-refractivity contribution is 5.98. The van der Waals surface area contributed by atoms with Gasteiger partial charge in [-0.2, -0.15) is 0 Å². The Morgan fingerprint density at radius 3 is 2.11 bits per heavy atom. The first-order valence-electron chi connectivity index (χ1n) is 9.31. The number of carbonyl (C=O) groups excluding carboxylic acids is 4. The molecule has 0 unspecified atom stereocenters. The van der Waals surface area contributed by atoms with E-state index in [9.17, 15) is 19.2 Å². The van der Waals surface area contributed by atoms with Crippen LogP contribution in [-0.2, 0) is 36.9 Å². The first-order chi connectivity index (χ1) is 13.2. The van der Waals surface area contributed by atoms with Crippen LogP contribution in [0.15, 0.2) is 24.3 Å². The van der Waals surface area contributed by atoms with Gasteiger partial charge in [0.1, 0.15) is 18.2 Å². The van der Waals surface area contributed by atoms with Gasteiger partial charge in [-0.25, -0.2) is 0 Å². The summed E-state index contributed by atoms with van der Waals surface area (Å²) in [6.07, 6.45) is 0.877. The van der Waals surface area contributed by atoms with Gasteiger partial charge in [0, 0.05) is 47.1 Å². The number of hydrogen-bond acceptors (Lipinski definition) is 5. The van der Waals surface area contributed by atoms with E-state index in [-0.39, 0.29) is 42.8 Å². The average Bonchev–Trinajstić information content (AvgIpc) is 2.61. The van der Waals surface area contributed by atoms with Gasteiger partial charge in [-0.15, -0.1) is 0 Å². The Bertz CT molecular complexity index is 685. The molecule has 0 saturated heterocycles. The van der Waals surface area contributed by atoms with E-state index in [2.05, 4.69) is 0 Å². The van der Waals surface area contributed by atoms with Crippen LogP contribution in [0.3, 0.4) is 0 Å². The van der Waals surface area contributed by atoms with Crippen molar-refractivity contribution in [1.82, 2.24) is 9.80 Å². The Labute approximate surface area is 166 Å². The van der Waals surface area contributed by atoms with Crippen LogP contribution < -0.4 is 0 Å². The topological polar surface area (TPSA) is 84.0 Å². The number of hydrogen-bond donors (Lipinski definition) is 0. The lowest BCUT2D eigenvalue weighted by molar-refractivity contribution is -0.135. The highest BCUT2D eigenvalue weighted by atomic mass is 16.5. The third kappa shape index (κ3) is 9.41.